The molecule has 3 rings (SSSR count). The van der Waals surface area contributed by atoms with Crippen LogP contribution in [0.1, 0.15) is 37.5 Å². The summed E-state index contributed by atoms with van der Waals surface area (Å²) >= 11 is 0. The molecule has 174 valence electrons. The van der Waals surface area contributed by atoms with Crippen LogP contribution < -0.4 is 10.6 Å². The van der Waals surface area contributed by atoms with Crippen molar-refractivity contribution >= 4 is 5.96 Å². The number of hydrogen-bond acceptors (Lipinski definition) is 4. The lowest BCUT2D eigenvalue weighted by Crippen LogP contribution is -2.56. The average Bonchev–Trinajstić information content (AvgIpc) is 2.82. The van der Waals surface area contributed by atoms with E-state index in [2.05, 4.69) is 72.7 Å². The summed E-state index contributed by atoms with van der Waals surface area (Å²) in [7, 11) is 0. The molecule has 6 nitrogen and oxygen atoms in total. The first-order chi connectivity index (χ1) is 15.6. The molecule has 0 amide bonds. The van der Waals surface area contributed by atoms with Gasteiger partial charge >= 0.3 is 0 Å². The van der Waals surface area contributed by atoms with Gasteiger partial charge in [0.25, 0.3) is 0 Å². The maximum absolute atomic E-state index is 5.88. The number of aliphatic imine (C=N–C) groups is 1. The Balaban J connectivity index is 1.52. The van der Waals surface area contributed by atoms with Gasteiger partial charge in [0.2, 0.25) is 0 Å². The average molecular weight is 439 g/mol. The number of ether oxygens (including phenoxy) is 2. The van der Waals surface area contributed by atoms with Gasteiger partial charge in [-0.1, -0.05) is 54.6 Å². The quantitative estimate of drug-likeness (QED) is 0.439. The van der Waals surface area contributed by atoms with Crippen LogP contribution in [0, 0.1) is 0 Å². The number of rotatable bonds is 10. The highest BCUT2D eigenvalue weighted by Crippen LogP contribution is 2.15. The highest BCUT2D eigenvalue weighted by Gasteiger charge is 2.28. The predicted octanol–water partition coefficient (Wildman–Crippen LogP) is 3.57. The molecule has 2 aromatic rings. The Hall–Kier alpha value is -2.41. The molecule has 0 atom stereocenters. The van der Waals surface area contributed by atoms with E-state index >= 15 is 0 Å². The third kappa shape index (κ3) is 7.93. The summed E-state index contributed by atoms with van der Waals surface area (Å²) in [5.74, 6) is 0.847. The molecule has 0 aliphatic carbocycles. The van der Waals surface area contributed by atoms with Gasteiger partial charge < -0.3 is 20.1 Å². The van der Waals surface area contributed by atoms with Gasteiger partial charge in [-0.05, 0) is 37.5 Å². The van der Waals surface area contributed by atoms with Gasteiger partial charge in [-0.2, -0.15) is 0 Å². The normalized spacial score (nSPS) is 15.5. The molecule has 0 bridgehead atoms. The Morgan fingerprint density at radius 2 is 1.66 bits per heavy atom. The zero-order valence-corrected chi connectivity index (χ0v) is 19.8. The van der Waals surface area contributed by atoms with Gasteiger partial charge in [0, 0.05) is 31.7 Å². The second kappa shape index (κ2) is 12.6. The van der Waals surface area contributed by atoms with E-state index in [0.29, 0.717) is 19.8 Å². The van der Waals surface area contributed by atoms with Crippen LogP contribution in [0.4, 0.5) is 0 Å². The summed E-state index contributed by atoms with van der Waals surface area (Å²) in [6.45, 7) is 13.7. The molecule has 32 heavy (non-hydrogen) atoms. The minimum Gasteiger partial charge on any atom is -0.379 e. The number of nitrogens with zero attached hydrogens (tertiary/aromatic N) is 2. The van der Waals surface area contributed by atoms with Crippen LogP contribution in [-0.4, -0.2) is 55.8 Å². The van der Waals surface area contributed by atoms with Gasteiger partial charge in [0.1, 0.15) is 0 Å². The topological polar surface area (TPSA) is 58.1 Å². The number of morpholine rings is 1. The van der Waals surface area contributed by atoms with Gasteiger partial charge in [-0.15, -0.1) is 0 Å². The van der Waals surface area contributed by atoms with E-state index in [9.17, 15) is 0 Å². The highest BCUT2D eigenvalue weighted by atomic mass is 16.5. The summed E-state index contributed by atoms with van der Waals surface area (Å²) in [5, 5.41) is 6.89. The molecule has 1 aliphatic rings. The fourth-order valence-electron chi connectivity index (χ4n) is 3.77. The molecule has 0 spiro atoms. The maximum Gasteiger partial charge on any atom is 0.191 e. The number of nitrogens with one attached hydrogen (secondary N) is 2. The molecule has 0 unspecified atom stereocenters. The van der Waals surface area contributed by atoms with Crippen molar-refractivity contribution in [3.63, 3.8) is 0 Å². The number of benzene rings is 2. The Morgan fingerprint density at radius 1 is 0.969 bits per heavy atom. The van der Waals surface area contributed by atoms with E-state index in [1.807, 2.05) is 18.2 Å². The Labute approximate surface area is 193 Å². The Bertz CT molecular complexity index is 833. The first kappa shape index (κ1) is 24.2. The van der Waals surface area contributed by atoms with E-state index in [-0.39, 0.29) is 5.54 Å². The van der Waals surface area contributed by atoms with E-state index in [4.69, 9.17) is 14.5 Å². The molecule has 2 aromatic carbocycles. The first-order valence-electron chi connectivity index (χ1n) is 11.6. The van der Waals surface area contributed by atoms with Crippen LogP contribution in [0.15, 0.2) is 59.6 Å². The fourth-order valence-corrected chi connectivity index (χ4v) is 3.77. The molecule has 1 aliphatic heterocycles. The summed E-state index contributed by atoms with van der Waals surface area (Å²) in [6.07, 6.45) is 0. The molecular formula is C26H38N4O2. The van der Waals surface area contributed by atoms with Crippen LogP contribution in [0.25, 0.3) is 0 Å². The fraction of sp³-hybridized carbons (Fsp3) is 0.500. The SMILES string of the molecule is CCNC(=NCc1cccc(COCc2ccccc2)c1)NCC(C)(C)N1CCOCC1. The Morgan fingerprint density at radius 3 is 2.41 bits per heavy atom. The Kier molecular flexibility index (Phi) is 9.53. The second-order valence-electron chi connectivity index (χ2n) is 8.76. The molecule has 0 saturated carbocycles. The van der Waals surface area contributed by atoms with Crippen molar-refractivity contribution in [3.8, 4) is 0 Å². The monoisotopic (exact) mass is 438 g/mol. The molecule has 0 radical (unpaired) electrons. The van der Waals surface area contributed by atoms with Crippen molar-refractivity contribution < 1.29 is 9.47 Å². The van der Waals surface area contributed by atoms with E-state index < -0.39 is 0 Å². The highest BCUT2D eigenvalue weighted by molar-refractivity contribution is 5.79. The summed E-state index contributed by atoms with van der Waals surface area (Å²) < 4.78 is 11.4. The van der Waals surface area contributed by atoms with Crippen LogP contribution in [0.5, 0.6) is 0 Å². The molecule has 2 N–H and O–H groups in total. The third-order valence-corrected chi connectivity index (χ3v) is 5.69. The molecule has 1 saturated heterocycles. The summed E-state index contributed by atoms with van der Waals surface area (Å²) in [5.41, 5.74) is 3.57. The zero-order valence-electron chi connectivity index (χ0n) is 19.8. The van der Waals surface area contributed by atoms with Gasteiger partial charge in [-0.25, -0.2) is 4.99 Å². The van der Waals surface area contributed by atoms with Crippen molar-refractivity contribution in [2.75, 3.05) is 39.4 Å². The molecule has 0 aromatic heterocycles. The van der Waals surface area contributed by atoms with Crippen LogP contribution >= 0.6 is 0 Å². The minimum atomic E-state index is 0.0377. The van der Waals surface area contributed by atoms with Gasteiger partial charge in [0.15, 0.2) is 5.96 Å². The maximum atomic E-state index is 5.88. The van der Waals surface area contributed by atoms with E-state index in [0.717, 1.165) is 45.4 Å². The predicted molar refractivity (Wildman–Crippen MR) is 131 cm³/mol. The van der Waals surface area contributed by atoms with Gasteiger partial charge in [0.05, 0.1) is 33.0 Å². The van der Waals surface area contributed by atoms with Crippen LogP contribution in [0.2, 0.25) is 0 Å². The minimum absolute atomic E-state index is 0.0377. The van der Waals surface area contributed by atoms with Crippen molar-refractivity contribution in [1.29, 1.82) is 0 Å². The number of guanidine groups is 1. The third-order valence-electron chi connectivity index (χ3n) is 5.69. The second-order valence-corrected chi connectivity index (χ2v) is 8.76. The lowest BCUT2D eigenvalue weighted by Gasteiger charge is -2.41. The molecule has 1 heterocycles. The standard InChI is InChI=1S/C26H38N4O2/c1-4-27-25(29-21-26(2,3)30-13-15-31-16-14-30)28-18-23-11-8-12-24(17-23)20-32-19-22-9-6-5-7-10-22/h5-12,17H,4,13-16,18-21H2,1-3H3,(H2,27,28,29). The van der Waals surface area contributed by atoms with Crippen LogP contribution in [-0.2, 0) is 29.2 Å². The summed E-state index contributed by atoms with van der Waals surface area (Å²) in [4.78, 5) is 7.29. The van der Waals surface area contributed by atoms with Crippen molar-refractivity contribution in [3.05, 3.63) is 71.3 Å². The first-order valence-corrected chi connectivity index (χ1v) is 11.6. The lowest BCUT2D eigenvalue weighted by molar-refractivity contribution is -0.00834. The largest absolute Gasteiger partial charge is 0.379 e. The van der Waals surface area contributed by atoms with Crippen LogP contribution in [0.3, 0.4) is 0 Å². The van der Waals surface area contributed by atoms with Gasteiger partial charge in [-0.3, -0.25) is 4.90 Å². The van der Waals surface area contributed by atoms with Crippen molar-refractivity contribution in [2.45, 2.75) is 46.1 Å². The van der Waals surface area contributed by atoms with Crippen molar-refractivity contribution in [2.24, 2.45) is 4.99 Å². The molecular weight excluding hydrogens is 400 g/mol. The smallest absolute Gasteiger partial charge is 0.191 e. The van der Waals surface area contributed by atoms with E-state index in [1.165, 1.54) is 16.7 Å². The lowest BCUT2D eigenvalue weighted by atomic mass is 10.0. The molecule has 1 fully saturated rings. The number of hydrogen-bond donors (Lipinski definition) is 2. The van der Waals surface area contributed by atoms with Crippen molar-refractivity contribution in [1.82, 2.24) is 15.5 Å². The molecule has 6 heteroatoms. The zero-order chi connectivity index (χ0) is 22.7. The van der Waals surface area contributed by atoms with E-state index in [1.54, 1.807) is 0 Å². The summed E-state index contributed by atoms with van der Waals surface area (Å²) in [6, 6.07) is 18.7.